The van der Waals surface area contributed by atoms with Gasteiger partial charge in [0.25, 0.3) is 5.91 Å². The molecular formula is C26H23N5O2. The molecule has 0 spiro atoms. The first kappa shape index (κ1) is 20.6. The highest BCUT2D eigenvalue weighted by molar-refractivity contribution is 6.05. The summed E-state index contributed by atoms with van der Waals surface area (Å²) in [4.78, 5) is 24.9. The lowest BCUT2D eigenvalue weighted by Crippen LogP contribution is -2.40. The zero-order valence-corrected chi connectivity index (χ0v) is 18.0. The van der Waals surface area contributed by atoms with E-state index >= 15 is 0 Å². The third kappa shape index (κ3) is 4.67. The van der Waals surface area contributed by atoms with Gasteiger partial charge in [-0.3, -0.25) is 9.78 Å². The first-order chi connectivity index (χ1) is 16.3. The molecule has 1 amide bonds. The Labute approximate surface area is 191 Å². The van der Waals surface area contributed by atoms with Crippen LogP contribution in [0.4, 0.5) is 0 Å². The summed E-state index contributed by atoms with van der Waals surface area (Å²) in [6, 6.07) is 23.5. The second-order valence-electron chi connectivity index (χ2n) is 7.79. The van der Waals surface area contributed by atoms with Crippen molar-refractivity contribution >= 4 is 11.6 Å². The molecule has 4 aromatic rings. The number of benzene rings is 2. The summed E-state index contributed by atoms with van der Waals surface area (Å²) < 4.78 is 1.72. The highest BCUT2D eigenvalue weighted by Gasteiger charge is 2.29. The molecule has 164 valence electrons. The molecule has 33 heavy (non-hydrogen) atoms. The molecule has 3 heterocycles. The summed E-state index contributed by atoms with van der Waals surface area (Å²) in [5, 5.41) is 9.02. The number of nitrogens with zero attached hydrogens (tertiary/aromatic N) is 5. The second kappa shape index (κ2) is 9.48. The molecule has 0 radical (unpaired) electrons. The zero-order chi connectivity index (χ0) is 22.5. The van der Waals surface area contributed by atoms with Gasteiger partial charge in [-0.25, -0.2) is 4.68 Å². The van der Waals surface area contributed by atoms with E-state index in [1.165, 1.54) is 0 Å². The van der Waals surface area contributed by atoms with E-state index in [2.05, 4.69) is 15.2 Å². The van der Waals surface area contributed by atoms with Crippen LogP contribution in [0.5, 0.6) is 0 Å². The van der Waals surface area contributed by atoms with Gasteiger partial charge in [0.15, 0.2) is 0 Å². The molecule has 0 fully saturated rings. The molecule has 1 aliphatic rings. The standard InChI is InChI=1S/C26H23N5O2/c32-26-23-17-31(22-12-7-14-27-16-22)28-24(23)13-15-30(26)18-25(21-10-5-2-6-11-21)29-33-19-20-8-3-1-4-9-20/h1-12,14,16-17H,13,15,18-19H2/b29-25-. The minimum atomic E-state index is -0.0573. The predicted molar refractivity (Wildman–Crippen MR) is 125 cm³/mol. The largest absolute Gasteiger partial charge is 0.391 e. The Bertz CT molecular complexity index is 1250. The maximum atomic E-state index is 13.3. The van der Waals surface area contributed by atoms with Gasteiger partial charge in [-0.05, 0) is 17.7 Å². The van der Waals surface area contributed by atoms with E-state index in [-0.39, 0.29) is 5.91 Å². The van der Waals surface area contributed by atoms with Crippen LogP contribution in [0.25, 0.3) is 5.69 Å². The van der Waals surface area contributed by atoms with Crippen LogP contribution in [0, 0.1) is 0 Å². The summed E-state index contributed by atoms with van der Waals surface area (Å²) in [6.07, 6.45) is 5.91. The monoisotopic (exact) mass is 437 g/mol. The fourth-order valence-electron chi connectivity index (χ4n) is 3.80. The number of rotatable bonds is 7. The Balaban J connectivity index is 1.35. The van der Waals surface area contributed by atoms with Gasteiger partial charge in [-0.1, -0.05) is 65.8 Å². The van der Waals surface area contributed by atoms with Gasteiger partial charge in [0.05, 0.1) is 29.7 Å². The third-order valence-electron chi connectivity index (χ3n) is 5.53. The van der Waals surface area contributed by atoms with E-state index in [0.29, 0.717) is 37.4 Å². The van der Waals surface area contributed by atoms with Crippen molar-refractivity contribution in [3.05, 3.63) is 114 Å². The maximum absolute atomic E-state index is 13.3. The highest BCUT2D eigenvalue weighted by atomic mass is 16.6. The van der Waals surface area contributed by atoms with Crippen molar-refractivity contribution in [3.8, 4) is 5.69 Å². The van der Waals surface area contributed by atoms with Crippen molar-refractivity contribution in [2.75, 3.05) is 13.1 Å². The Morgan fingerprint density at radius 3 is 2.55 bits per heavy atom. The van der Waals surface area contributed by atoms with Crippen molar-refractivity contribution in [1.29, 1.82) is 0 Å². The number of pyridine rings is 1. The van der Waals surface area contributed by atoms with E-state index in [1.807, 2.05) is 72.8 Å². The van der Waals surface area contributed by atoms with E-state index < -0.39 is 0 Å². The number of amides is 1. The fraction of sp³-hybridized carbons (Fsp3) is 0.154. The van der Waals surface area contributed by atoms with Crippen molar-refractivity contribution in [2.45, 2.75) is 13.0 Å². The number of carbonyl (C=O) groups is 1. The molecule has 0 aliphatic carbocycles. The predicted octanol–water partition coefficient (Wildman–Crippen LogP) is 3.89. The first-order valence-corrected chi connectivity index (χ1v) is 10.8. The molecular weight excluding hydrogens is 414 g/mol. The Morgan fingerprint density at radius 1 is 1.00 bits per heavy atom. The molecule has 2 aromatic carbocycles. The van der Waals surface area contributed by atoms with Crippen molar-refractivity contribution in [3.63, 3.8) is 0 Å². The number of oxime groups is 1. The molecule has 5 rings (SSSR count). The average Bonchev–Trinajstić information content (AvgIpc) is 3.32. The molecule has 7 heteroatoms. The Morgan fingerprint density at radius 2 is 1.79 bits per heavy atom. The van der Waals surface area contributed by atoms with Gasteiger partial charge in [0.1, 0.15) is 12.3 Å². The minimum Gasteiger partial charge on any atom is -0.391 e. The Kier molecular flexibility index (Phi) is 5.93. The first-order valence-electron chi connectivity index (χ1n) is 10.8. The van der Waals surface area contributed by atoms with Crippen LogP contribution in [0.3, 0.4) is 0 Å². The van der Waals surface area contributed by atoms with Gasteiger partial charge < -0.3 is 9.74 Å². The lowest BCUT2D eigenvalue weighted by atomic mass is 10.1. The van der Waals surface area contributed by atoms with E-state index in [9.17, 15) is 4.79 Å². The van der Waals surface area contributed by atoms with Gasteiger partial charge in [0.2, 0.25) is 0 Å². The van der Waals surface area contributed by atoms with Gasteiger partial charge in [0, 0.05) is 30.9 Å². The summed E-state index contributed by atoms with van der Waals surface area (Å²) in [6.45, 7) is 1.29. The molecule has 0 bridgehead atoms. The molecule has 1 aliphatic heterocycles. The molecule has 7 nitrogen and oxygen atoms in total. The molecule has 0 atom stereocenters. The fourth-order valence-corrected chi connectivity index (χ4v) is 3.80. The quantitative estimate of drug-likeness (QED) is 0.325. The molecule has 0 unspecified atom stereocenters. The van der Waals surface area contributed by atoms with Crippen LogP contribution < -0.4 is 0 Å². The topological polar surface area (TPSA) is 72.6 Å². The van der Waals surface area contributed by atoms with Gasteiger partial charge in [-0.15, -0.1) is 0 Å². The summed E-state index contributed by atoms with van der Waals surface area (Å²) in [7, 11) is 0. The molecule has 0 saturated carbocycles. The second-order valence-corrected chi connectivity index (χ2v) is 7.79. The highest BCUT2D eigenvalue weighted by Crippen LogP contribution is 2.20. The van der Waals surface area contributed by atoms with Crippen LogP contribution in [-0.4, -0.2) is 44.4 Å². The zero-order valence-electron chi connectivity index (χ0n) is 18.0. The number of aromatic nitrogens is 3. The summed E-state index contributed by atoms with van der Waals surface area (Å²) in [5.74, 6) is -0.0573. The maximum Gasteiger partial charge on any atom is 0.257 e. The summed E-state index contributed by atoms with van der Waals surface area (Å²) >= 11 is 0. The lowest BCUT2D eigenvalue weighted by molar-refractivity contribution is 0.0760. The molecule has 2 aromatic heterocycles. The van der Waals surface area contributed by atoms with E-state index in [0.717, 1.165) is 22.5 Å². The smallest absolute Gasteiger partial charge is 0.257 e. The normalized spacial score (nSPS) is 13.6. The van der Waals surface area contributed by atoms with Crippen LogP contribution in [-0.2, 0) is 17.9 Å². The number of carbonyl (C=O) groups excluding carboxylic acids is 1. The number of fused-ring (bicyclic) bond motifs is 1. The third-order valence-corrected chi connectivity index (χ3v) is 5.53. The SMILES string of the molecule is O=C1c2cn(-c3cccnc3)nc2CCN1C/C(=N/OCc1ccccc1)c1ccccc1. The van der Waals surface area contributed by atoms with Gasteiger partial charge >= 0.3 is 0 Å². The average molecular weight is 438 g/mol. The van der Waals surface area contributed by atoms with E-state index in [4.69, 9.17) is 4.84 Å². The lowest BCUT2D eigenvalue weighted by Gasteiger charge is -2.26. The molecule has 0 saturated heterocycles. The van der Waals surface area contributed by atoms with Gasteiger partial charge in [-0.2, -0.15) is 5.10 Å². The molecule has 0 N–H and O–H groups in total. The number of hydrogen-bond acceptors (Lipinski definition) is 5. The van der Waals surface area contributed by atoms with Crippen LogP contribution in [0.15, 0.2) is 96.5 Å². The minimum absolute atomic E-state index is 0.0573. The van der Waals surface area contributed by atoms with Crippen molar-refractivity contribution in [1.82, 2.24) is 19.7 Å². The Hall–Kier alpha value is -4.26. The van der Waals surface area contributed by atoms with E-state index in [1.54, 1.807) is 28.2 Å². The van der Waals surface area contributed by atoms with Crippen LogP contribution in [0.1, 0.15) is 27.2 Å². The van der Waals surface area contributed by atoms with Crippen molar-refractivity contribution in [2.24, 2.45) is 5.16 Å². The van der Waals surface area contributed by atoms with Crippen LogP contribution in [0.2, 0.25) is 0 Å². The number of hydrogen-bond donors (Lipinski definition) is 0. The summed E-state index contributed by atoms with van der Waals surface area (Å²) in [5.41, 5.74) is 4.92. The van der Waals surface area contributed by atoms with Crippen molar-refractivity contribution < 1.29 is 9.63 Å². The van der Waals surface area contributed by atoms with Crippen LogP contribution >= 0.6 is 0 Å².